The van der Waals surface area contributed by atoms with Gasteiger partial charge in [0.05, 0.1) is 23.9 Å². The number of sulfone groups is 1. The molecule has 1 N–H and O–H groups in total. The van der Waals surface area contributed by atoms with Crippen LogP contribution in [-0.4, -0.2) is 62.2 Å². The van der Waals surface area contributed by atoms with Crippen molar-refractivity contribution >= 4 is 48.3 Å². The third-order valence-corrected chi connectivity index (χ3v) is 8.18. The van der Waals surface area contributed by atoms with Crippen molar-refractivity contribution in [3.63, 3.8) is 0 Å². The van der Waals surface area contributed by atoms with Gasteiger partial charge in [0.1, 0.15) is 16.5 Å². The Kier molecular flexibility index (Phi) is 7.10. The fourth-order valence-corrected chi connectivity index (χ4v) is 5.61. The number of aromatic nitrogens is 2. The minimum absolute atomic E-state index is 0.0249. The summed E-state index contributed by atoms with van der Waals surface area (Å²) in [5.74, 6) is -0.119. The second kappa shape index (κ2) is 10.0. The zero-order valence-corrected chi connectivity index (χ0v) is 20.5. The molecule has 1 aromatic carbocycles. The van der Waals surface area contributed by atoms with Crippen LogP contribution in [0.2, 0.25) is 0 Å². The van der Waals surface area contributed by atoms with E-state index < -0.39 is 21.8 Å². The van der Waals surface area contributed by atoms with Gasteiger partial charge in [0, 0.05) is 18.7 Å². The molecule has 10 nitrogen and oxygen atoms in total. The zero-order valence-electron chi connectivity index (χ0n) is 18.8. The van der Waals surface area contributed by atoms with E-state index in [2.05, 4.69) is 20.4 Å². The number of thiazole rings is 1. The van der Waals surface area contributed by atoms with Crippen molar-refractivity contribution in [2.24, 2.45) is 5.16 Å². The van der Waals surface area contributed by atoms with Crippen molar-refractivity contribution in [3.05, 3.63) is 42.0 Å². The van der Waals surface area contributed by atoms with Gasteiger partial charge >= 0.3 is 0 Å². The molecule has 1 aliphatic rings. The molecule has 1 saturated carbocycles. The van der Waals surface area contributed by atoms with Crippen LogP contribution < -0.4 is 10.1 Å². The molecule has 3 aromatic rings. The molecule has 34 heavy (non-hydrogen) atoms. The SMILES string of the molecule is COC[C@@H](C)O/N=C(/C(=O)Nc1nc2ccc(OC)nc2s1)c1ccc(S(=O)(=O)C2CC2)cc1. The Morgan fingerprint density at radius 1 is 1.18 bits per heavy atom. The summed E-state index contributed by atoms with van der Waals surface area (Å²) in [6.45, 7) is 2.03. The summed E-state index contributed by atoms with van der Waals surface area (Å²) in [4.78, 5) is 28.1. The summed E-state index contributed by atoms with van der Waals surface area (Å²) in [6, 6.07) is 9.49. The van der Waals surface area contributed by atoms with Crippen molar-refractivity contribution in [1.29, 1.82) is 0 Å². The van der Waals surface area contributed by atoms with Crippen LogP contribution >= 0.6 is 11.3 Å². The van der Waals surface area contributed by atoms with Crippen molar-refractivity contribution in [2.45, 2.75) is 36.0 Å². The minimum Gasteiger partial charge on any atom is -0.481 e. The summed E-state index contributed by atoms with van der Waals surface area (Å²) in [5, 5.41) is 6.77. The average molecular weight is 505 g/mol. The van der Waals surface area contributed by atoms with Gasteiger partial charge < -0.3 is 14.3 Å². The summed E-state index contributed by atoms with van der Waals surface area (Å²) in [6.07, 6.45) is 0.946. The summed E-state index contributed by atoms with van der Waals surface area (Å²) in [5.41, 5.74) is 0.986. The van der Waals surface area contributed by atoms with Crippen LogP contribution in [0.15, 0.2) is 46.4 Å². The lowest BCUT2D eigenvalue weighted by Gasteiger charge is -2.11. The third kappa shape index (κ3) is 5.34. The Morgan fingerprint density at radius 2 is 1.91 bits per heavy atom. The average Bonchev–Trinajstić information content (AvgIpc) is 3.61. The number of anilines is 1. The Balaban J connectivity index is 1.60. The summed E-state index contributed by atoms with van der Waals surface area (Å²) in [7, 11) is -0.290. The molecule has 0 bridgehead atoms. The molecule has 12 heteroatoms. The monoisotopic (exact) mass is 504 g/mol. The molecule has 4 rings (SSSR count). The van der Waals surface area contributed by atoms with Gasteiger partial charge in [0.15, 0.2) is 20.7 Å². The fraction of sp³-hybridized carbons (Fsp3) is 0.364. The van der Waals surface area contributed by atoms with E-state index in [0.717, 1.165) is 0 Å². The molecular formula is C22H24N4O6S2. The molecule has 2 heterocycles. The topological polar surface area (TPSA) is 129 Å². The number of pyridine rings is 1. The number of rotatable bonds is 10. The molecule has 0 saturated heterocycles. The van der Waals surface area contributed by atoms with Crippen LogP contribution in [0.5, 0.6) is 5.88 Å². The lowest BCUT2D eigenvalue weighted by molar-refractivity contribution is -0.110. The van der Waals surface area contributed by atoms with Gasteiger partial charge in [-0.15, -0.1) is 0 Å². The molecular weight excluding hydrogens is 480 g/mol. The van der Waals surface area contributed by atoms with E-state index in [1.54, 1.807) is 31.2 Å². The van der Waals surface area contributed by atoms with Gasteiger partial charge in [0.2, 0.25) is 5.88 Å². The van der Waals surface area contributed by atoms with Crippen molar-refractivity contribution in [3.8, 4) is 5.88 Å². The molecule has 1 aliphatic carbocycles. The molecule has 180 valence electrons. The van der Waals surface area contributed by atoms with Gasteiger partial charge in [-0.25, -0.2) is 18.4 Å². The third-order valence-electron chi connectivity index (χ3n) is 5.02. The first kappa shape index (κ1) is 24.0. The van der Waals surface area contributed by atoms with Gasteiger partial charge in [-0.3, -0.25) is 10.1 Å². The van der Waals surface area contributed by atoms with Crippen LogP contribution in [0.25, 0.3) is 10.3 Å². The maximum Gasteiger partial charge on any atom is 0.280 e. The van der Waals surface area contributed by atoms with Gasteiger partial charge in [-0.05, 0) is 38.0 Å². The number of oxime groups is 1. The first-order valence-corrected chi connectivity index (χ1v) is 12.9. The van der Waals surface area contributed by atoms with E-state index in [1.807, 2.05) is 0 Å². The number of hydrogen-bond donors (Lipinski definition) is 1. The fourth-order valence-electron chi connectivity index (χ4n) is 3.13. The van der Waals surface area contributed by atoms with Crippen molar-refractivity contribution in [2.75, 3.05) is 26.1 Å². The molecule has 0 radical (unpaired) electrons. The number of nitrogens with one attached hydrogen (secondary N) is 1. The second-order valence-electron chi connectivity index (χ2n) is 7.73. The number of nitrogens with zero attached hydrogens (tertiary/aromatic N) is 3. The Hall–Kier alpha value is -3.09. The molecule has 1 fully saturated rings. The first-order valence-electron chi connectivity index (χ1n) is 10.5. The summed E-state index contributed by atoms with van der Waals surface area (Å²) >= 11 is 1.19. The number of fused-ring (bicyclic) bond motifs is 1. The van der Waals surface area contributed by atoms with Crippen molar-refractivity contribution < 1.29 is 27.5 Å². The van der Waals surface area contributed by atoms with Crippen LogP contribution in [0.1, 0.15) is 25.3 Å². The van der Waals surface area contributed by atoms with E-state index in [-0.39, 0.29) is 22.5 Å². The van der Waals surface area contributed by atoms with Gasteiger partial charge in [0.25, 0.3) is 5.91 Å². The predicted octanol–water partition coefficient (Wildman–Crippen LogP) is 3.03. The standard InChI is InChI=1S/C22H24N4O6S2/c1-13(12-30-2)32-26-19(14-4-6-15(7-5-14)34(28,29)16-8-9-16)20(27)25-22-23-17-10-11-18(31-3)24-21(17)33-22/h4-7,10-11,13,16H,8-9,12H2,1-3H3,(H,23,25,27)/b26-19+/t13-/m1/s1. The van der Waals surface area contributed by atoms with Crippen LogP contribution in [0, 0.1) is 0 Å². The smallest absolute Gasteiger partial charge is 0.280 e. The number of methoxy groups -OCH3 is 2. The number of carbonyl (C=O) groups is 1. The van der Waals surface area contributed by atoms with Crippen LogP contribution in [0.4, 0.5) is 5.13 Å². The Labute approximate surface area is 200 Å². The van der Waals surface area contributed by atoms with E-state index in [1.165, 1.54) is 37.7 Å². The number of amides is 1. The number of benzene rings is 1. The largest absolute Gasteiger partial charge is 0.481 e. The molecule has 0 unspecified atom stereocenters. The predicted molar refractivity (Wildman–Crippen MR) is 128 cm³/mol. The second-order valence-corrected chi connectivity index (χ2v) is 10.9. The minimum atomic E-state index is -3.34. The normalized spacial score (nSPS) is 15.2. The van der Waals surface area contributed by atoms with E-state index >= 15 is 0 Å². The van der Waals surface area contributed by atoms with Crippen molar-refractivity contribution in [1.82, 2.24) is 9.97 Å². The molecule has 2 aromatic heterocycles. The van der Waals surface area contributed by atoms with Gasteiger partial charge in [-0.1, -0.05) is 28.6 Å². The highest BCUT2D eigenvalue weighted by molar-refractivity contribution is 7.92. The highest BCUT2D eigenvalue weighted by atomic mass is 32.2. The maximum absolute atomic E-state index is 13.1. The Morgan fingerprint density at radius 3 is 2.56 bits per heavy atom. The lowest BCUT2D eigenvalue weighted by atomic mass is 10.1. The number of carbonyl (C=O) groups excluding carboxylic acids is 1. The Bertz CT molecular complexity index is 1320. The molecule has 1 atom stereocenters. The van der Waals surface area contributed by atoms with Gasteiger partial charge in [-0.2, -0.15) is 0 Å². The molecule has 1 amide bonds. The lowest BCUT2D eigenvalue weighted by Crippen LogP contribution is -2.25. The highest BCUT2D eigenvalue weighted by Gasteiger charge is 2.36. The quantitative estimate of drug-likeness (QED) is 0.329. The first-order chi connectivity index (χ1) is 16.3. The number of hydrogen-bond acceptors (Lipinski definition) is 10. The molecule has 0 spiro atoms. The van der Waals surface area contributed by atoms with Crippen LogP contribution in [-0.2, 0) is 24.2 Å². The zero-order chi connectivity index (χ0) is 24.3. The maximum atomic E-state index is 13.1. The van der Waals surface area contributed by atoms with Crippen LogP contribution in [0.3, 0.4) is 0 Å². The van der Waals surface area contributed by atoms with E-state index in [9.17, 15) is 13.2 Å². The molecule has 0 aliphatic heterocycles. The summed E-state index contributed by atoms with van der Waals surface area (Å²) < 4.78 is 35.2. The van der Waals surface area contributed by atoms with E-state index in [0.29, 0.717) is 39.8 Å². The highest BCUT2D eigenvalue weighted by Crippen LogP contribution is 2.33. The number of ether oxygens (including phenoxy) is 2. The van der Waals surface area contributed by atoms with E-state index in [4.69, 9.17) is 14.3 Å².